The Kier molecular flexibility index (Phi) is 4.55. The normalized spacial score (nSPS) is 11.3. The van der Waals surface area contributed by atoms with Crippen LogP contribution < -0.4 is 4.72 Å². The Hall–Kier alpha value is -0.560. The first-order valence-corrected chi connectivity index (χ1v) is 8.57. The van der Waals surface area contributed by atoms with Gasteiger partial charge in [0.25, 0.3) is 10.0 Å². The fourth-order valence-electron chi connectivity index (χ4n) is 1.39. The lowest BCUT2D eigenvalue weighted by Gasteiger charge is -2.09. The fraction of sp³-hybridized carbons (Fsp3) is 0. The summed E-state index contributed by atoms with van der Waals surface area (Å²) in [6.07, 6.45) is 0. The van der Waals surface area contributed by atoms with Crippen LogP contribution in [0.5, 0.6) is 0 Å². The largest absolute Gasteiger partial charge is 0.280 e. The van der Waals surface area contributed by atoms with Crippen LogP contribution in [-0.4, -0.2) is 8.42 Å². The number of benzene rings is 2. The van der Waals surface area contributed by atoms with Crippen LogP contribution in [0.15, 0.2) is 56.3 Å². The van der Waals surface area contributed by atoms with E-state index in [0.29, 0.717) is 15.2 Å². The molecule has 0 aliphatic heterocycles. The topological polar surface area (TPSA) is 46.2 Å². The first-order valence-electron chi connectivity index (χ1n) is 5.12. The predicted octanol–water partition coefficient (Wildman–Crippen LogP) is 4.67. The number of rotatable bonds is 3. The molecule has 0 unspecified atom stereocenters. The molecule has 0 saturated carbocycles. The first kappa shape index (κ1) is 14.8. The van der Waals surface area contributed by atoms with Gasteiger partial charge in [-0.15, -0.1) is 0 Å². The minimum atomic E-state index is -3.60. The van der Waals surface area contributed by atoms with Crippen LogP contribution >= 0.6 is 43.5 Å². The van der Waals surface area contributed by atoms with E-state index in [4.69, 9.17) is 11.6 Å². The van der Waals surface area contributed by atoms with Crippen molar-refractivity contribution in [2.75, 3.05) is 4.72 Å². The van der Waals surface area contributed by atoms with Gasteiger partial charge in [0, 0.05) is 8.95 Å². The minimum absolute atomic E-state index is 0.190. The molecule has 19 heavy (non-hydrogen) atoms. The van der Waals surface area contributed by atoms with Crippen molar-refractivity contribution in [1.29, 1.82) is 0 Å². The average molecular weight is 426 g/mol. The summed E-state index contributed by atoms with van der Waals surface area (Å²) < 4.78 is 28.3. The third-order valence-electron chi connectivity index (χ3n) is 2.30. The lowest BCUT2D eigenvalue weighted by Crippen LogP contribution is -2.12. The molecule has 0 amide bonds. The van der Waals surface area contributed by atoms with Gasteiger partial charge in [-0.3, -0.25) is 4.72 Å². The van der Waals surface area contributed by atoms with Crippen LogP contribution in [0.1, 0.15) is 0 Å². The van der Waals surface area contributed by atoms with Gasteiger partial charge in [-0.05, 0) is 58.4 Å². The van der Waals surface area contributed by atoms with E-state index in [1.807, 2.05) is 0 Å². The number of anilines is 1. The Morgan fingerprint density at radius 3 is 2.21 bits per heavy atom. The molecule has 100 valence electrons. The molecular weight excluding hydrogens is 417 g/mol. The smallest absolute Gasteiger partial charge is 0.261 e. The summed E-state index contributed by atoms with van der Waals surface area (Å²) in [6.45, 7) is 0. The zero-order valence-electron chi connectivity index (χ0n) is 9.40. The van der Waals surface area contributed by atoms with Gasteiger partial charge < -0.3 is 0 Å². The van der Waals surface area contributed by atoms with Crippen LogP contribution in [0.25, 0.3) is 0 Å². The Morgan fingerprint density at radius 1 is 1.00 bits per heavy atom. The van der Waals surface area contributed by atoms with Gasteiger partial charge in [0.2, 0.25) is 0 Å². The zero-order chi connectivity index (χ0) is 14.0. The van der Waals surface area contributed by atoms with E-state index in [0.717, 1.165) is 4.47 Å². The van der Waals surface area contributed by atoms with Crippen molar-refractivity contribution in [3.63, 3.8) is 0 Å². The van der Waals surface area contributed by atoms with Gasteiger partial charge in [-0.1, -0.05) is 27.5 Å². The Balaban J connectivity index is 2.30. The highest BCUT2D eigenvalue weighted by Gasteiger charge is 2.14. The molecule has 0 aromatic heterocycles. The van der Waals surface area contributed by atoms with E-state index in [2.05, 4.69) is 36.6 Å². The molecule has 0 radical (unpaired) electrons. The molecule has 0 fully saturated rings. The number of hydrogen-bond acceptors (Lipinski definition) is 2. The van der Waals surface area contributed by atoms with Gasteiger partial charge in [0.1, 0.15) is 0 Å². The number of nitrogens with one attached hydrogen (secondary N) is 1. The van der Waals surface area contributed by atoms with Crippen LogP contribution in [0, 0.1) is 0 Å². The number of sulfonamides is 1. The Labute approximate surface area is 133 Å². The van der Waals surface area contributed by atoms with Crippen LogP contribution in [0.4, 0.5) is 5.69 Å². The second-order valence-electron chi connectivity index (χ2n) is 3.69. The highest BCUT2D eigenvalue weighted by atomic mass is 79.9. The van der Waals surface area contributed by atoms with Gasteiger partial charge in [0.15, 0.2) is 0 Å². The van der Waals surface area contributed by atoms with E-state index in [1.54, 1.807) is 30.3 Å². The van der Waals surface area contributed by atoms with Crippen molar-refractivity contribution in [2.24, 2.45) is 0 Å². The Morgan fingerprint density at radius 2 is 1.63 bits per heavy atom. The first-order chi connectivity index (χ1) is 8.88. The molecular formula is C12H8Br2ClNO2S. The second-order valence-corrected chi connectivity index (χ2v) is 7.55. The van der Waals surface area contributed by atoms with Crippen molar-refractivity contribution in [3.05, 3.63) is 56.4 Å². The maximum Gasteiger partial charge on any atom is 0.261 e. The van der Waals surface area contributed by atoms with Crippen molar-refractivity contribution in [3.8, 4) is 0 Å². The van der Waals surface area contributed by atoms with Gasteiger partial charge in [-0.25, -0.2) is 8.42 Å². The Bertz CT molecular complexity index is 702. The summed E-state index contributed by atoms with van der Waals surface area (Å²) in [7, 11) is -3.60. The number of halogens is 3. The summed E-state index contributed by atoms with van der Waals surface area (Å²) in [5, 5.41) is 0.441. The molecule has 2 aromatic rings. The molecule has 0 aliphatic carbocycles. The molecule has 1 N–H and O–H groups in total. The maximum atomic E-state index is 12.1. The van der Waals surface area contributed by atoms with E-state index in [-0.39, 0.29) is 4.90 Å². The highest BCUT2D eigenvalue weighted by molar-refractivity contribution is 9.10. The van der Waals surface area contributed by atoms with Crippen molar-refractivity contribution in [1.82, 2.24) is 0 Å². The van der Waals surface area contributed by atoms with Crippen LogP contribution in [0.2, 0.25) is 5.02 Å². The zero-order valence-corrected chi connectivity index (χ0v) is 14.1. The van der Waals surface area contributed by atoms with E-state index >= 15 is 0 Å². The maximum absolute atomic E-state index is 12.1. The average Bonchev–Trinajstić information content (AvgIpc) is 2.34. The van der Waals surface area contributed by atoms with Gasteiger partial charge in [-0.2, -0.15) is 0 Å². The summed E-state index contributed by atoms with van der Waals surface area (Å²) in [5.74, 6) is 0. The summed E-state index contributed by atoms with van der Waals surface area (Å²) in [5.41, 5.74) is 0.413. The van der Waals surface area contributed by atoms with E-state index < -0.39 is 10.0 Å². The minimum Gasteiger partial charge on any atom is -0.280 e. The molecule has 3 nitrogen and oxygen atoms in total. The van der Waals surface area contributed by atoms with E-state index in [9.17, 15) is 8.42 Å². The fourth-order valence-corrected chi connectivity index (χ4v) is 3.13. The summed E-state index contributed by atoms with van der Waals surface area (Å²) in [4.78, 5) is 0.190. The molecule has 0 saturated heterocycles. The number of hydrogen-bond donors (Lipinski definition) is 1. The third-order valence-corrected chi connectivity index (χ3v) is 5.45. The van der Waals surface area contributed by atoms with Gasteiger partial charge >= 0.3 is 0 Å². The molecule has 0 atom stereocenters. The molecule has 2 rings (SSSR count). The van der Waals surface area contributed by atoms with Crippen molar-refractivity contribution in [2.45, 2.75) is 4.90 Å². The second kappa shape index (κ2) is 5.83. The summed E-state index contributed by atoms with van der Waals surface area (Å²) >= 11 is 12.4. The lowest BCUT2D eigenvalue weighted by molar-refractivity contribution is 0.601. The lowest BCUT2D eigenvalue weighted by atomic mass is 10.3. The molecule has 7 heteroatoms. The molecule has 0 spiro atoms. The quantitative estimate of drug-likeness (QED) is 0.777. The van der Waals surface area contributed by atoms with E-state index in [1.165, 1.54) is 12.1 Å². The summed E-state index contributed by atoms with van der Waals surface area (Å²) in [6, 6.07) is 11.2. The molecule has 0 bridgehead atoms. The SMILES string of the molecule is O=S(=O)(Nc1ccc(Br)c(Cl)c1)c1ccc(Br)cc1. The van der Waals surface area contributed by atoms with Gasteiger partial charge in [0.05, 0.1) is 15.6 Å². The standard InChI is InChI=1S/C12H8Br2ClNO2S/c13-8-1-4-10(5-2-8)19(17,18)16-9-3-6-11(14)12(15)7-9/h1-7,16H. The van der Waals surface area contributed by atoms with Crippen LogP contribution in [0.3, 0.4) is 0 Å². The molecule has 2 aromatic carbocycles. The van der Waals surface area contributed by atoms with Crippen molar-refractivity contribution >= 4 is 59.2 Å². The molecule has 0 aliphatic rings. The third kappa shape index (κ3) is 3.72. The predicted molar refractivity (Wildman–Crippen MR) is 84.1 cm³/mol. The van der Waals surface area contributed by atoms with Crippen molar-refractivity contribution < 1.29 is 8.42 Å². The van der Waals surface area contributed by atoms with Crippen LogP contribution in [-0.2, 0) is 10.0 Å². The molecule has 0 heterocycles. The highest BCUT2D eigenvalue weighted by Crippen LogP contribution is 2.27. The monoisotopic (exact) mass is 423 g/mol.